The predicted octanol–water partition coefficient (Wildman–Crippen LogP) is 3.07. The van der Waals surface area contributed by atoms with E-state index in [-0.39, 0.29) is 17.5 Å². The molecule has 3 rings (SSSR count). The van der Waals surface area contributed by atoms with Crippen molar-refractivity contribution in [3.63, 3.8) is 0 Å². The highest BCUT2D eigenvalue weighted by Gasteiger charge is 2.25. The fourth-order valence-electron chi connectivity index (χ4n) is 3.02. The van der Waals surface area contributed by atoms with E-state index >= 15 is 0 Å². The van der Waals surface area contributed by atoms with E-state index in [1.807, 2.05) is 11.8 Å². The number of nitrogens with zero attached hydrogens (tertiary/aromatic N) is 3. The summed E-state index contributed by atoms with van der Waals surface area (Å²) in [7, 11) is 0. The minimum Gasteiger partial charge on any atom is -0.342 e. The highest BCUT2D eigenvalue weighted by atomic mass is 19.1. The fourth-order valence-corrected chi connectivity index (χ4v) is 3.02. The van der Waals surface area contributed by atoms with Gasteiger partial charge >= 0.3 is 0 Å². The zero-order valence-corrected chi connectivity index (χ0v) is 13.2. The van der Waals surface area contributed by atoms with Crippen molar-refractivity contribution in [2.75, 3.05) is 13.1 Å². The molecule has 0 bridgehead atoms. The van der Waals surface area contributed by atoms with Crippen molar-refractivity contribution in [1.29, 1.82) is 0 Å². The Labute approximate surface area is 134 Å². The normalized spacial score (nSPS) is 18.2. The molecule has 1 unspecified atom stereocenters. The van der Waals surface area contributed by atoms with Crippen molar-refractivity contribution in [3.05, 3.63) is 36.0 Å². The molecule has 0 N–H and O–H groups in total. The number of carbonyl (C=O) groups excluding carboxylic acids is 1. The van der Waals surface area contributed by atoms with E-state index in [1.165, 1.54) is 6.07 Å². The number of halogens is 1. The summed E-state index contributed by atoms with van der Waals surface area (Å²) in [5.74, 6) is 0.909. The van der Waals surface area contributed by atoms with Crippen LogP contribution in [0.3, 0.4) is 0 Å². The minimum absolute atomic E-state index is 0.187. The van der Waals surface area contributed by atoms with E-state index in [0.29, 0.717) is 30.2 Å². The summed E-state index contributed by atoms with van der Waals surface area (Å²) < 4.78 is 19.0. The third-order valence-electron chi connectivity index (χ3n) is 4.22. The molecule has 1 aliphatic rings. The first-order chi connectivity index (χ1) is 11.2. The van der Waals surface area contributed by atoms with Crippen LogP contribution >= 0.6 is 0 Å². The first kappa shape index (κ1) is 15.6. The lowest BCUT2D eigenvalue weighted by molar-refractivity contribution is -0.132. The molecule has 1 atom stereocenters. The second-order valence-corrected chi connectivity index (χ2v) is 5.90. The van der Waals surface area contributed by atoms with Crippen LogP contribution in [0.15, 0.2) is 28.8 Å². The number of rotatable bonds is 4. The van der Waals surface area contributed by atoms with Crippen molar-refractivity contribution in [2.45, 2.75) is 32.6 Å². The molecular weight excluding hydrogens is 297 g/mol. The third-order valence-corrected chi connectivity index (χ3v) is 4.22. The Morgan fingerprint density at radius 2 is 2.26 bits per heavy atom. The largest absolute Gasteiger partial charge is 0.342 e. The lowest BCUT2D eigenvalue weighted by Gasteiger charge is -2.32. The van der Waals surface area contributed by atoms with Gasteiger partial charge in [0.2, 0.25) is 17.6 Å². The number of aromatic nitrogens is 2. The van der Waals surface area contributed by atoms with Crippen molar-refractivity contribution in [3.8, 4) is 11.4 Å². The summed E-state index contributed by atoms with van der Waals surface area (Å²) in [6, 6.07) is 6.37. The number of likely N-dealkylation sites (tertiary alicyclic amines) is 1. The SMILES string of the molecule is CCC(=O)N1CCCC(Cc2nc(-c3ccccc3F)no2)C1. The number of hydrogen-bond acceptors (Lipinski definition) is 4. The third kappa shape index (κ3) is 3.57. The van der Waals surface area contributed by atoms with Crippen molar-refractivity contribution in [1.82, 2.24) is 15.0 Å². The van der Waals surface area contributed by atoms with Crippen molar-refractivity contribution < 1.29 is 13.7 Å². The zero-order chi connectivity index (χ0) is 16.2. The molecule has 1 aromatic carbocycles. The highest BCUT2D eigenvalue weighted by molar-refractivity contribution is 5.75. The van der Waals surface area contributed by atoms with E-state index in [9.17, 15) is 9.18 Å². The maximum atomic E-state index is 13.8. The molecule has 5 nitrogen and oxygen atoms in total. The number of amides is 1. The maximum Gasteiger partial charge on any atom is 0.227 e. The molecule has 0 saturated carbocycles. The van der Waals surface area contributed by atoms with Gasteiger partial charge in [0.05, 0.1) is 5.56 Å². The van der Waals surface area contributed by atoms with Crippen LogP contribution in [0.4, 0.5) is 4.39 Å². The molecule has 0 aliphatic carbocycles. The number of piperidine rings is 1. The molecule has 1 saturated heterocycles. The van der Waals surface area contributed by atoms with Crippen LogP contribution in [0, 0.1) is 11.7 Å². The Balaban J connectivity index is 1.67. The average molecular weight is 317 g/mol. The van der Waals surface area contributed by atoms with Gasteiger partial charge in [-0.05, 0) is 30.9 Å². The fraction of sp³-hybridized carbons (Fsp3) is 0.471. The van der Waals surface area contributed by atoms with Crippen LogP contribution in [-0.2, 0) is 11.2 Å². The lowest BCUT2D eigenvalue weighted by atomic mass is 9.94. The molecule has 23 heavy (non-hydrogen) atoms. The highest BCUT2D eigenvalue weighted by Crippen LogP contribution is 2.23. The van der Waals surface area contributed by atoms with Gasteiger partial charge in [-0.3, -0.25) is 4.79 Å². The molecule has 1 aromatic heterocycles. The lowest BCUT2D eigenvalue weighted by Crippen LogP contribution is -2.40. The van der Waals surface area contributed by atoms with Crippen LogP contribution < -0.4 is 0 Å². The van der Waals surface area contributed by atoms with Crippen molar-refractivity contribution in [2.24, 2.45) is 5.92 Å². The van der Waals surface area contributed by atoms with Gasteiger partial charge < -0.3 is 9.42 Å². The summed E-state index contributed by atoms with van der Waals surface area (Å²) in [5, 5.41) is 3.88. The second-order valence-electron chi connectivity index (χ2n) is 5.90. The van der Waals surface area contributed by atoms with E-state index in [2.05, 4.69) is 10.1 Å². The number of hydrogen-bond donors (Lipinski definition) is 0. The maximum absolute atomic E-state index is 13.8. The molecule has 0 radical (unpaired) electrons. The Bertz CT molecular complexity index is 686. The van der Waals surface area contributed by atoms with Crippen LogP contribution in [0.5, 0.6) is 0 Å². The van der Waals surface area contributed by atoms with Gasteiger partial charge in [0.1, 0.15) is 5.82 Å². The number of carbonyl (C=O) groups is 1. The average Bonchev–Trinajstić information content (AvgIpc) is 3.03. The predicted molar refractivity (Wildman–Crippen MR) is 83.0 cm³/mol. The summed E-state index contributed by atoms with van der Waals surface area (Å²) in [4.78, 5) is 18.0. The van der Waals surface area contributed by atoms with Gasteiger partial charge in [-0.15, -0.1) is 0 Å². The zero-order valence-electron chi connectivity index (χ0n) is 13.2. The van der Waals surface area contributed by atoms with Crippen molar-refractivity contribution >= 4 is 5.91 Å². The Morgan fingerprint density at radius 3 is 3.04 bits per heavy atom. The van der Waals surface area contributed by atoms with Gasteiger partial charge in [0, 0.05) is 25.9 Å². The minimum atomic E-state index is -0.364. The van der Waals surface area contributed by atoms with Gasteiger partial charge in [0.25, 0.3) is 0 Å². The summed E-state index contributed by atoms with van der Waals surface area (Å²) in [6.45, 7) is 3.43. The van der Waals surface area contributed by atoms with E-state index < -0.39 is 0 Å². The van der Waals surface area contributed by atoms with Gasteiger partial charge in [-0.2, -0.15) is 4.98 Å². The Hall–Kier alpha value is -2.24. The first-order valence-electron chi connectivity index (χ1n) is 8.02. The monoisotopic (exact) mass is 317 g/mol. The topological polar surface area (TPSA) is 59.2 Å². The molecule has 0 spiro atoms. The quantitative estimate of drug-likeness (QED) is 0.869. The van der Waals surface area contributed by atoms with Gasteiger partial charge in [-0.25, -0.2) is 4.39 Å². The summed E-state index contributed by atoms with van der Waals surface area (Å²) >= 11 is 0. The van der Waals surface area contributed by atoms with Crippen LogP contribution in [-0.4, -0.2) is 34.0 Å². The Morgan fingerprint density at radius 1 is 1.43 bits per heavy atom. The Kier molecular flexibility index (Phi) is 4.69. The second kappa shape index (κ2) is 6.89. The van der Waals surface area contributed by atoms with E-state index in [1.54, 1.807) is 18.2 Å². The molecule has 1 amide bonds. The van der Waals surface area contributed by atoms with Gasteiger partial charge in [-0.1, -0.05) is 24.2 Å². The molecule has 2 aromatic rings. The standard InChI is InChI=1S/C17H20FN3O2/c1-2-16(22)21-9-5-6-12(11-21)10-15-19-17(20-23-15)13-7-3-4-8-14(13)18/h3-4,7-8,12H,2,5-6,9-11H2,1H3. The van der Waals surface area contributed by atoms with Crippen LogP contribution in [0.2, 0.25) is 0 Å². The summed E-state index contributed by atoms with van der Waals surface area (Å²) in [5.41, 5.74) is 0.342. The molecule has 2 heterocycles. The molecule has 1 fully saturated rings. The van der Waals surface area contributed by atoms with Crippen LogP contribution in [0.1, 0.15) is 32.1 Å². The van der Waals surface area contributed by atoms with E-state index in [0.717, 1.165) is 25.9 Å². The first-order valence-corrected chi connectivity index (χ1v) is 8.02. The molecule has 6 heteroatoms. The molecule has 1 aliphatic heterocycles. The smallest absolute Gasteiger partial charge is 0.227 e. The summed E-state index contributed by atoms with van der Waals surface area (Å²) in [6.07, 6.45) is 3.18. The van der Waals surface area contributed by atoms with Crippen LogP contribution in [0.25, 0.3) is 11.4 Å². The van der Waals surface area contributed by atoms with E-state index in [4.69, 9.17) is 4.52 Å². The molecular formula is C17H20FN3O2. The van der Waals surface area contributed by atoms with Gasteiger partial charge in [0.15, 0.2) is 0 Å². The molecule has 122 valence electrons. The number of benzene rings is 1.